The fourth-order valence-corrected chi connectivity index (χ4v) is 3.14. The molecule has 108 valence electrons. The number of methoxy groups -OCH3 is 1. The zero-order valence-electron chi connectivity index (χ0n) is 12.1. The van der Waals surface area contributed by atoms with Crippen LogP contribution in [-0.2, 0) is 0 Å². The van der Waals surface area contributed by atoms with Crippen LogP contribution in [0.4, 0.5) is 4.39 Å². The molecular formula is C16H20FNOS. The summed E-state index contributed by atoms with van der Waals surface area (Å²) < 4.78 is 19.6. The molecule has 0 saturated carbocycles. The molecule has 2 aromatic rings. The lowest BCUT2D eigenvalue weighted by Gasteiger charge is -2.19. The highest BCUT2D eigenvalue weighted by molar-refractivity contribution is 7.12. The summed E-state index contributed by atoms with van der Waals surface area (Å²) in [7, 11) is 1.49. The second kappa shape index (κ2) is 6.86. The van der Waals surface area contributed by atoms with Crippen LogP contribution >= 0.6 is 11.3 Å². The van der Waals surface area contributed by atoms with E-state index >= 15 is 0 Å². The zero-order valence-corrected chi connectivity index (χ0v) is 12.9. The lowest BCUT2D eigenvalue weighted by molar-refractivity contribution is 0.381. The maximum absolute atomic E-state index is 14.5. The summed E-state index contributed by atoms with van der Waals surface area (Å²) in [6, 6.07) is 9.31. The van der Waals surface area contributed by atoms with Gasteiger partial charge in [0.05, 0.1) is 13.2 Å². The molecule has 0 aliphatic rings. The van der Waals surface area contributed by atoms with E-state index in [1.807, 2.05) is 12.1 Å². The van der Waals surface area contributed by atoms with E-state index in [0.717, 1.165) is 17.8 Å². The molecule has 20 heavy (non-hydrogen) atoms. The molecule has 1 aromatic carbocycles. The third-order valence-electron chi connectivity index (χ3n) is 3.17. The maximum atomic E-state index is 14.5. The van der Waals surface area contributed by atoms with Gasteiger partial charge < -0.3 is 10.1 Å². The topological polar surface area (TPSA) is 21.3 Å². The Labute approximate surface area is 123 Å². The summed E-state index contributed by atoms with van der Waals surface area (Å²) in [4.78, 5) is 2.36. The highest BCUT2D eigenvalue weighted by Gasteiger charge is 2.20. The molecule has 0 bridgehead atoms. The quantitative estimate of drug-likeness (QED) is 0.857. The van der Waals surface area contributed by atoms with Crippen LogP contribution in [0.25, 0.3) is 0 Å². The molecule has 0 spiro atoms. The monoisotopic (exact) mass is 293 g/mol. The number of halogens is 1. The van der Waals surface area contributed by atoms with Crippen LogP contribution in [0.3, 0.4) is 0 Å². The molecule has 4 heteroatoms. The summed E-state index contributed by atoms with van der Waals surface area (Å²) in [6.45, 7) is 5.01. The average Bonchev–Trinajstić information content (AvgIpc) is 2.87. The Morgan fingerprint density at radius 3 is 2.70 bits per heavy atom. The lowest BCUT2D eigenvalue weighted by Crippen LogP contribution is -2.23. The fourth-order valence-electron chi connectivity index (χ4n) is 2.17. The molecule has 1 N–H and O–H groups in total. The van der Waals surface area contributed by atoms with Crippen molar-refractivity contribution in [2.24, 2.45) is 0 Å². The van der Waals surface area contributed by atoms with Gasteiger partial charge in [-0.2, -0.15) is 0 Å². The number of hydrogen-bond acceptors (Lipinski definition) is 3. The Morgan fingerprint density at radius 1 is 1.30 bits per heavy atom. The van der Waals surface area contributed by atoms with Crippen molar-refractivity contribution in [3.63, 3.8) is 0 Å². The number of thiophene rings is 1. The van der Waals surface area contributed by atoms with Crippen molar-refractivity contribution in [2.75, 3.05) is 13.7 Å². The Morgan fingerprint density at radius 2 is 2.10 bits per heavy atom. The minimum absolute atomic E-state index is 0.122. The van der Waals surface area contributed by atoms with Crippen molar-refractivity contribution in [2.45, 2.75) is 26.3 Å². The SMILES string of the molecule is CCCNC(c1ccc(C)s1)c1cccc(OC)c1F. The third kappa shape index (κ3) is 3.19. The molecule has 0 aliphatic carbocycles. The van der Waals surface area contributed by atoms with Crippen LogP contribution in [0.2, 0.25) is 0 Å². The van der Waals surface area contributed by atoms with Gasteiger partial charge in [0.25, 0.3) is 0 Å². The van der Waals surface area contributed by atoms with Crippen molar-refractivity contribution >= 4 is 11.3 Å². The van der Waals surface area contributed by atoms with Gasteiger partial charge in [-0.05, 0) is 38.1 Å². The molecule has 2 nitrogen and oxygen atoms in total. The Kier molecular flexibility index (Phi) is 5.15. The molecule has 0 aliphatic heterocycles. The van der Waals surface area contributed by atoms with Gasteiger partial charge in [-0.1, -0.05) is 19.1 Å². The summed E-state index contributed by atoms with van der Waals surface area (Å²) in [6.07, 6.45) is 1.01. The van der Waals surface area contributed by atoms with Gasteiger partial charge in [0.1, 0.15) is 0 Å². The molecular weight excluding hydrogens is 273 g/mol. The van der Waals surface area contributed by atoms with Crippen molar-refractivity contribution in [1.29, 1.82) is 0 Å². The van der Waals surface area contributed by atoms with Crippen LogP contribution < -0.4 is 10.1 Å². The summed E-state index contributed by atoms with van der Waals surface area (Å²) in [5.74, 6) is 0.00809. The summed E-state index contributed by atoms with van der Waals surface area (Å²) >= 11 is 1.69. The molecule has 0 fully saturated rings. The second-order valence-corrected chi connectivity index (χ2v) is 6.02. The predicted octanol–water partition coefficient (Wildman–Crippen LogP) is 4.29. The van der Waals surface area contributed by atoms with Gasteiger partial charge in [0.15, 0.2) is 11.6 Å². The first-order valence-corrected chi connectivity index (χ1v) is 7.61. The Balaban J connectivity index is 2.41. The first kappa shape index (κ1) is 15.0. The van der Waals surface area contributed by atoms with E-state index in [1.165, 1.54) is 12.0 Å². The van der Waals surface area contributed by atoms with E-state index in [4.69, 9.17) is 4.74 Å². The van der Waals surface area contributed by atoms with E-state index in [0.29, 0.717) is 11.3 Å². The normalized spacial score (nSPS) is 12.4. The van der Waals surface area contributed by atoms with Gasteiger partial charge in [0.2, 0.25) is 0 Å². The highest BCUT2D eigenvalue weighted by Crippen LogP contribution is 2.32. The number of ether oxygens (including phenoxy) is 1. The van der Waals surface area contributed by atoms with Crippen LogP contribution in [0.5, 0.6) is 5.75 Å². The van der Waals surface area contributed by atoms with E-state index in [1.54, 1.807) is 17.4 Å². The molecule has 1 atom stereocenters. The zero-order chi connectivity index (χ0) is 14.5. The van der Waals surface area contributed by atoms with Crippen LogP contribution in [0, 0.1) is 12.7 Å². The van der Waals surface area contributed by atoms with Crippen molar-refractivity contribution < 1.29 is 9.13 Å². The van der Waals surface area contributed by atoms with Crippen LogP contribution in [0.1, 0.15) is 34.7 Å². The van der Waals surface area contributed by atoms with Gasteiger partial charge >= 0.3 is 0 Å². The smallest absolute Gasteiger partial charge is 0.170 e. The van der Waals surface area contributed by atoms with Crippen LogP contribution in [-0.4, -0.2) is 13.7 Å². The van der Waals surface area contributed by atoms with Gasteiger partial charge in [-0.3, -0.25) is 0 Å². The first-order valence-electron chi connectivity index (χ1n) is 6.79. The molecule has 1 heterocycles. The Hall–Kier alpha value is -1.39. The molecule has 0 amide bonds. The summed E-state index contributed by atoms with van der Waals surface area (Å²) in [5.41, 5.74) is 0.639. The van der Waals surface area contributed by atoms with Gasteiger partial charge in [0, 0.05) is 15.3 Å². The number of benzene rings is 1. The lowest BCUT2D eigenvalue weighted by atomic mass is 10.0. The number of rotatable bonds is 6. The van der Waals surface area contributed by atoms with Crippen molar-refractivity contribution in [3.8, 4) is 5.75 Å². The number of hydrogen-bond donors (Lipinski definition) is 1. The molecule has 0 saturated heterocycles. The average molecular weight is 293 g/mol. The minimum Gasteiger partial charge on any atom is -0.494 e. The van der Waals surface area contributed by atoms with E-state index in [2.05, 4.69) is 31.3 Å². The minimum atomic E-state index is -0.283. The van der Waals surface area contributed by atoms with Gasteiger partial charge in [-0.15, -0.1) is 11.3 Å². The molecule has 0 radical (unpaired) electrons. The van der Waals surface area contributed by atoms with E-state index in [-0.39, 0.29) is 11.9 Å². The standard InChI is InChI=1S/C16H20FNOS/c1-4-10-18-16(14-9-8-11(2)20-14)12-6-5-7-13(19-3)15(12)17/h5-9,16,18H,4,10H2,1-3H3. The predicted molar refractivity (Wildman–Crippen MR) is 82.1 cm³/mol. The van der Waals surface area contributed by atoms with Crippen molar-refractivity contribution in [1.82, 2.24) is 5.32 Å². The van der Waals surface area contributed by atoms with Gasteiger partial charge in [-0.25, -0.2) is 4.39 Å². The molecule has 1 aromatic heterocycles. The second-order valence-electron chi connectivity index (χ2n) is 4.70. The molecule has 2 rings (SSSR count). The van der Waals surface area contributed by atoms with Crippen molar-refractivity contribution in [3.05, 3.63) is 51.5 Å². The molecule has 1 unspecified atom stereocenters. The first-order chi connectivity index (χ1) is 9.67. The summed E-state index contributed by atoms with van der Waals surface area (Å²) in [5, 5.41) is 3.42. The fraction of sp³-hybridized carbons (Fsp3) is 0.375. The number of nitrogens with one attached hydrogen (secondary N) is 1. The van der Waals surface area contributed by atoms with Crippen LogP contribution in [0.15, 0.2) is 30.3 Å². The van der Waals surface area contributed by atoms with E-state index in [9.17, 15) is 4.39 Å². The Bertz CT molecular complexity index is 567. The number of aryl methyl sites for hydroxylation is 1. The third-order valence-corrected chi connectivity index (χ3v) is 4.23. The maximum Gasteiger partial charge on any atom is 0.170 e. The van der Waals surface area contributed by atoms with E-state index < -0.39 is 0 Å². The highest BCUT2D eigenvalue weighted by atomic mass is 32.1. The largest absolute Gasteiger partial charge is 0.494 e.